The molecule has 0 bridgehead atoms. The fourth-order valence-electron chi connectivity index (χ4n) is 2.20. The van der Waals surface area contributed by atoms with Crippen LogP contribution in [-0.2, 0) is 0 Å². The maximum atomic E-state index is 11.4. The van der Waals surface area contributed by atoms with Crippen LogP contribution in [0.5, 0.6) is 0 Å². The van der Waals surface area contributed by atoms with Gasteiger partial charge in [-0.25, -0.2) is 14.5 Å². The van der Waals surface area contributed by atoms with E-state index in [2.05, 4.69) is 10.1 Å². The van der Waals surface area contributed by atoms with Crippen molar-refractivity contribution in [2.45, 2.75) is 6.92 Å². The number of rotatable bonds is 3. The van der Waals surface area contributed by atoms with Crippen LogP contribution in [0.3, 0.4) is 0 Å². The Balaban J connectivity index is 2.09. The lowest BCUT2D eigenvalue weighted by Gasteiger charge is -2.07. The standard InChI is InChI=1S/C16H13N3O2/c1-11-7-8-17-15(14(11)16(20)21)19-10-13(9-18-19)12-5-3-2-4-6-12/h2-10H,1H3,(H,20,21). The molecule has 21 heavy (non-hydrogen) atoms. The molecule has 5 nitrogen and oxygen atoms in total. The molecule has 104 valence electrons. The molecule has 0 amide bonds. The summed E-state index contributed by atoms with van der Waals surface area (Å²) in [4.78, 5) is 15.6. The lowest BCUT2D eigenvalue weighted by Crippen LogP contribution is -2.10. The number of aryl methyl sites for hydroxylation is 1. The zero-order valence-electron chi connectivity index (χ0n) is 11.4. The monoisotopic (exact) mass is 279 g/mol. The first-order valence-corrected chi connectivity index (χ1v) is 6.46. The number of carboxylic acids is 1. The van der Waals surface area contributed by atoms with Crippen molar-refractivity contribution >= 4 is 5.97 Å². The number of aromatic nitrogens is 3. The van der Waals surface area contributed by atoms with Gasteiger partial charge in [0.15, 0.2) is 5.82 Å². The highest BCUT2D eigenvalue weighted by molar-refractivity contribution is 5.92. The highest BCUT2D eigenvalue weighted by Gasteiger charge is 2.16. The fourth-order valence-corrected chi connectivity index (χ4v) is 2.20. The van der Waals surface area contributed by atoms with Crippen LogP contribution in [0.15, 0.2) is 55.0 Å². The van der Waals surface area contributed by atoms with Gasteiger partial charge in [-0.1, -0.05) is 30.3 Å². The van der Waals surface area contributed by atoms with Crippen LogP contribution < -0.4 is 0 Å². The molecule has 5 heteroatoms. The third-order valence-electron chi connectivity index (χ3n) is 3.26. The maximum absolute atomic E-state index is 11.4. The summed E-state index contributed by atoms with van der Waals surface area (Å²) in [7, 11) is 0. The molecule has 0 aliphatic carbocycles. The maximum Gasteiger partial charge on any atom is 0.339 e. The first kappa shape index (κ1) is 13.1. The molecule has 3 rings (SSSR count). The summed E-state index contributed by atoms with van der Waals surface area (Å²) in [5.41, 5.74) is 2.76. The molecule has 2 aromatic heterocycles. The second-order valence-corrected chi connectivity index (χ2v) is 4.67. The van der Waals surface area contributed by atoms with Crippen LogP contribution in [0.4, 0.5) is 0 Å². The van der Waals surface area contributed by atoms with Crippen LogP contribution in [0.25, 0.3) is 16.9 Å². The largest absolute Gasteiger partial charge is 0.478 e. The lowest BCUT2D eigenvalue weighted by atomic mass is 10.1. The molecule has 0 aliphatic heterocycles. The molecule has 3 aromatic rings. The van der Waals surface area contributed by atoms with Crippen molar-refractivity contribution in [1.82, 2.24) is 14.8 Å². The first-order valence-electron chi connectivity index (χ1n) is 6.46. The number of benzene rings is 1. The molecule has 2 heterocycles. The topological polar surface area (TPSA) is 68.0 Å². The molecule has 0 aliphatic rings. The van der Waals surface area contributed by atoms with Crippen LogP contribution >= 0.6 is 0 Å². The second-order valence-electron chi connectivity index (χ2n) is 4.67. The third kappa shape index (κ3) is 2.41. The minimum atomic E-state index is -1.01. The van der Waals surface area contributed by atoms with E-state index in [0.717, 1.165) is 11.1 Å². The van der Waals surface area contributed by atoms with Crippen molar-refractivity contribution in [3.05, 3.63) is 66.1 Å². The minimum absolute atomic E-state index is 0.167. The second kappa shape index (κ2) is 5.20. The average molecular weight is 279 g/mol. The molecule has 1 N–H and O–H groups in total. The summed E-state index contributed by atoms with van der Waals surface area (Å²) >= 11 is 0. The Bertz CT molecular complexity index is 794. The van der Waals surface area contributed by atoms with Gasteiger partial charge in [0.25, 0.3) is 0 Å². The Labute approximate surface area is 121 Å². The minimum Gasteiger partial charge on any atom is -0.478 e. The van der Waals surface area contributed by atoms with E-state index in [9.17, 15) is 9.90 Å². The normalized spacial score (nSPS) is 10.5. The quantitative estimate of drug-likeness (QED) is 0.800. The van der Waals surface area contributed by atoms with Crippen LogP contribution in [0.2, 0.25) is 0 Å². The average Bonchev–Trinajstić information content (AvgIpc) is 2.97. The van der Waals surface area contributed by atoms with E-state index >= 15 is 0 Å². The summed E-state index contributed by atoms with van der Waals surface area (Å²) in [6.07, 6.45) is 5.06. The van der Waals surface area contributed by atoms with Crippen molar-refractivity contribution in [3.63, 3.8) is 0 Å². The van der Waals surface area contributed by atoms with Crippen molar-refractivity contribution < 1.29 is 9.90 Å². The fraction of sp³-hybridized carbons (Fsp3) is 0.0625. The predicted molar refractivity (Wildman–Crippen MR) is 78.5 cm³/mol. The lowest BCUT2D eigenvalue weighted by molar-refractivity contribution is 0.0695. The Morgan fingerprint density at radius 2 is 1.90 bits per heavy atom. The van der Waals surface area contributed by atoms with Crippen molar-refractivity contribution in [3.8, 4) is 16.9 Å². The summed E-state index contributed by atoms with van der Waals surface area (Å²) < 4.78 is 1.50. The van der Waals surface area contributed by atoms with E-state index in [1.165, 1.54) is 4.68 Å². The van der Waals surface area contributed by atoms with Crippen LogP contribution in [0, 0.1) is 6.92 Å². The third-order valence-corrected chi connectivity index (χ3v) is 3.26. The molecule has 0 saturated heterocycles. The molecule has 1 aromatic carbocycles. The van der Waals surface area contributed by atoms with E-state index in [1.807, 2.05) is 30.3 Å². The Hall–Kier alpha value is -2.95. The van der Waals surface area contributed by atoms with E-state index in [1.54, 1.807) is 31.6 Å². The molecular weight excluding hydrogens is 266 g/mol. The predicted octanol–water partition coefficient (Wildman–Crippen LogP) is 2.94. The number of hydrogen-bond donors (Lipinski definition) is 1. The van der Waals surface area contributed by atoms with Crippen LogP contribution in [-0.4, -0.2) is 25.8 Å². The number of nitrogens with zero attached hydrogens (tertiary/aromatic N) is 3. The molecule has 0 fully saturated rings. The van der Waals surface area contributed by atoms with Crippen molar-refractivity contribution in [2.24, 2.45) is 0 Å². The van der Waals surface area contributed by atoms with E-state index in [4.69, 9.17) is 0 Å². The number of carbonyl (C=O) groups is 1. The molecule has 0 unspecified atom stereocenters. The Morgan fingerprint density at radius 3 is 2.62 bits per heavy atom. The van der Waals surface area contributed by atoms with Gasteiger partial charge in [-0.05, 0) is 24.1 Å². The molecule has 0 atom stereocenters. The van der Waals surface area contributed by atoms with Crippen molar-refractivity contribution in [1.29, 1.82) is 0 Å². The molecule has 0 saturated carbocycles. The van der Waals surface area contributed by atoms with Gasteiger partial charge < -0.3 is 5.11 Å². The van der Waals surface area contributed by atoms with Crippen molar-refractivity contribution in [2.75, 3.05) is 0 Å². The zero-order chi connectivity index (χ0) is 14.8. The first-order chi connectivity index (χ1) is 10.2. The number of aromatic carboxylic acids is 1. The highest BCUT2D eigenvalue weighted by Crippen LogP contribution is 2.21. The molecular formula is C16H13N3O2. The number of hydrogen-bond acceptors (Lipinski definition) is 3. The molecule has 0 radical (unpaired) electrons. The van der Waals surface area contributed by atoms with Gasteiger partial charge in [0.1, 0.15) is 5.56 Å². The SMILES string of the molecule is Cc1ccnc(-n2cc(-c3ccccc3)cn2)c1C(=O)O. The summed E-state index contributed by atoms with van der Waals surface area (Å²) in [6.45, 7) is 1.75. The van der Waals surface area contributed by atoms with Gasteiger partial charge in [-0.2, -0.15) is 5.10 Å². The van der Waals surface area contributed by atoms with E-state index in [-0.39, 0.29) is 5.56 Å². The smallest absolute Gasteiger partial charge is 0.339 e. The number of pyridine rings is 1. The van der Waals surface area contributed by atoms with Gasteiger partial charge in [-0.3, -0.25) is 0 Å². The van der Waals surface area contributed by atoms with E-state index < -0.39 is 5.97 Å². The zero-order valence-corrected chi connectivity index (χ0v) is 11.4. The van der Waals surface area contributed by atoms with Crippen LogP contribution in [0.1, 0.15) is 15.9 Å². The molecule has 0 spiro atoms. The Morgan fingerprint density at radius 1 is 1.14 bits per heavy atom. The summed E-state index contributed by atoms with van der Waals surface area (Å²) in [5, 5.41) is 13.6. The highest BCUT2D eigenvalue weighted by atomic mass is 16.4. The summed E-state index contributed by atoms with van der Waals surface area (Å²) in [6, 6.07) is 11.5. The van der Waals surface area contributed by atoms with Gasteiger partial charge in [0.2, 0.25) is 0 Å². The van der Waals surface area contributed by atoms with E-state index in [0.29, 0.717) is 11.4 Å². The number of carboxylic acid groups (broad SMARTS) is 1. The summed E-state index contributed by atoms with van der Waals surface area (Å²) in [5.74, 6) is -0.683. The Kier molecular flexibility index (Phi) is 3.23. The van der Waals surface area contributed by atoms with Gasteiger partial charge in [0, 0.05) is 18.0 Å². The van der Waals surface area contributed by atoms with Gasteiger partial charge in [0.05, 0.1) is 6.20 Å². The van der Waals surface area contributed by atoms with Gasteiger partial charge in [-0.15, -0.1) is 0 Å². The van der Waals surface area contributed by atoms with Gasteiger partial charge >= 0.3 is 5.97 Å².